The predicted molar refractivity (Wildman–Crippen MR) is 83.0 cm³/mol. The molecule has 3 rings (SSSR count). The number of hydrogen-bond acceptors (Lipinski definition) is 3. The fourth-order valence-electron chi connectivity index (χ4n) is 2.67. The SMILES string of the molecule is CCC(C)N1C(=O)c2ccccc2NC1c1ccccn1. The number of hydrogen-bond donors (Lipinski definition) is 1. The fourth-order valence-corrected chi connectivity index (χ4v) is 2.67. The third-order valence-electron chi connectivity index (χ3n) is 4.00. The summed E-state index contributed by atoms with van der Waals surface area (Å²) in [4.78, 5) is 19.2. The van der Waals surface area contributed by atoms with Gasteiger partial charge in [0, 0.05) is 17.9 Å². The molecule has 0 fully saturated rings. The lowest BCUT2D eigenvalue weighted by atomic mass is 10.0. The van der Waals surface area contributed by atoms with Gasteiger partial charge in [0.2, 0.25) is 0 Å². The average molecular weight is 281 g/mol. The van der Waals surface area contributed by atoms with Crippen molar-refractivity contribution in [2.75, 3.05) is 5.32 Å². The maximum Gasteiger partial charge on any atom is 0.258 e. The van der Waals surface area contributed by atoms with E-state index in [0.29, 0.717) is 0 Å². The Morgan fingerprint density at radius 1 is 1.24 bits per heavy atom. The number of carbonyl (C=O) groups is 1. The Bertz CT molecular complexity index is 641. The number of anilines is 1. The lowest BCUT2D eigenvalue weighted by molar-refractivity contribution is 0.0589. The molecule has 1 aromatic heterocycles. The van der Waals surface area contributed by atoms with Crippen molar-refractivity contribution in [3.63, 3.8) is 0 Å². The molecule has 1 aliphatic heterocycles. The molecule has 108 valence electrons. The van der Waals surface area contributed by atoms with Crippen molar-refractivity contribution in [1.82, 2.24) is 9.88 Å². The molecule has 2 heterocycles. The second-order valence-electron chi connectivity index (χ2n) is 5.32. The molecule has 1 amide bonds. The van der Waals surface area contributed by atoms with Crippen LogP contribution in [0, 0.1) is 0 Å². The van der Waals surface area contributed by atoms with Crippen LogP contribution in [-0.4, -0.2) is 21.8 Å². The summed E-state index contributed by atoms with van der Waals surface area (Å²) in [5.41, 5.74) is 2.46. The Morgan fingerprint density at radius 2 is 2.00 bits per heavy atom. The quantitative estimate of drug-likeness (QED) is 0.937. The first-order valence-corrected chi connectivity index (χ1v) is 7.31. The maximum atomic E-state index is 12.9. The summed E-state index contributed by atoms with van der Waals surface area (Å²) in [5.74, 6) is 0.0642. The third kappa shape index (κ3) is 2.37. The number of amides is 1. The van der Waals surface area contributed by atoms with Crippen LogP contribution in [0.25, 0.3) is 0 Å². The van der Waals surface area contributed by atoms with Gasteiger partial charge in [-0.05, 0) is 37.6 Å². The van der Waals surface area contributed by atoms with E-state index in [2.05, 4.69) is 24.1 Å². The summed E-state index contributed by atoms with van der Waals surface area (Å²) in [6.07, 6.45) is 2.44. The van der Waals surface area contributed by atoms with Crippen LogP contribution in [0.4, 0.5) is 5.69 Å². The highest BCUT2D eigenvalue weighted by atomic mass is 16.2. The number of nitrogens with one attached hydrogen (secondary N) is 1. The van der Waals surface area contributed by atoms with E-state index in [1.54, 1.807) is 6.20 Å². The molecule has 1 aromatic carbocycles. The zero-order valence-electron chi connectivity index (χ0n) is 12.3. The molecule has 2 aromatic rings. The van der Waals surface area contributed by atoms with Gasteiger partial charge in [0.25, 0.3) is 5.91 Å². The third-order valence-corrected chi connectivity index (χ3v) is 4.00. The highest BCUT2D eigenvalue weighted by Gasteiger charge is 2.35. The van der Waals surface area contributed by atoms with Crippen LogP contribution in [0.3, 0.4) is 0 Å². The Hall–Kier alpha value is -2.36. The number of nitrogens with zero attached hydrogens (tertiary/aromatic N) is 2. The molecule has 21 heavy (non-hydrogen) atoms. The van der Waals surface area contributed by atoms with Gasteiger partial charge in [-0.15, -0.1) is 0 Å². The lowest BCUT2D eigenvalue weighted by Crippen LogP contribution is -2.47. The highest BCUT2D eigenvalue weighted by Crippen LogP contribution is 2.34. The van der Waals surface area contributed by atoms with Gasteiger partial charge in [-0.1, -0.05) is 25.1 Å². The van der Waals surface area contributed by atoms with Gasteiger partial charge in [0.1, 0.15) is 6.17 Å². The fraction of sp³-hybridized carbons (Fsp3) is 0.294. The van der Waals surface area contributed by atoms with Crippen LogP contribution in [0.5, 0.6) is 0 Å². The molecule has 2 atom stereocenters. The van der Waals surface area contributed by atoms with Crippen molar-refractivity contribution in [3.8, 4) is 0 Å². The Morgan fingerprint density at radius 3 is 2.71 bits per heavy atom. The van der Waals surface area contributed by atoms with E-state index in [0.717, 1.165) is 23.4 Å². The van der Waals surface area contributed by atoms with Gasteiger partial charge in [-0.25, -0.2) is 0 Å². The first-order valence-electron chi connectivity index (χ1n) is 7.31. The molecule has 1 aliphatic rings. The van der Waals surface area contributed by atoms with E-state index in [9.17, 15) is 4.79 Å². The minimum absolute atomic E-state index is 0.0642. The van der Waals surface area contributed by atoms with Crippen molar-refractivity contribution < 1.29 is 4.79 Å². The summed E-state index contributed by atoms with van der Waals surface area (Å²) >= 11 is 0. The second-order valence-corrected chi connectivity index (χ2v) is 5.32. The van der Waals surface area contributed by atoms with E-state index in [1.165, 1.54) is 0 Å². The van der Waals surface area contributed by atoms with Gasteiger partial charge in [0.05, 0.1) is 11.3 Å². The summed E-state index contributed by atoms with van der Waals surface area (Å²) in [5, 5.41) is 3.45. The van der Waals surface area contributed by atoms with E-state index in [-0.39, 0.29) is 18.1 Å². The van der Waals surface area contributed by atoms with Crippen LogP contribution in [-0.2, 0) is 0 Å². The van der Waals surface area contributed by atoms with Gasteiger partial charge in [0.15, 0.2) is 0 Å². The zero-order valence-corrected chi connectivity index (χ0v) is 12.3. The number of rotatable bonds is 3. The molecular formula is C17H19N3O. The van der Waals surface area contributed by atoms with Crippen molar-refractivity contribution in [2.24, 2.45) is 0 Å². The average Bonchev–Trinajstić information content (AvgIpc) is 2.55. The predicted octanol–water partition coefficient (Wildman–Crippen LogP) is 3.45. The van der Waals surface area contributed by atoms with Crippen LogP contribution in [0.2, 0.25) is 0 Å². The monoisotopic (exact) mass is 281 g/mol. The Kier molecular flexibility index (Phi) is 3.60. The summed E-state index contributed by atoms with van der Waals surface area (Å²) < 4.78 is 0. The normalized spacial score (nSPS) is 18.9. The van der Waals surface area contributed by atoms with Crippen LogP contribution in [0.15, 0.2) is 48.7 Å². The van der Waals surface area contributed by atoms with E-state index in [4.69, 9.17) is 0 Å². The first kappa shape index (κ1) is 13.6. The van der Waals surface area contributed by atoms with Gasteiger partial charge in [-0.3, -0.25) is 9.78 Å². The number of benzene rings is 1. The number of aromatic nitrogens is 1. The molecule has 0 radical (unpaired) electrons. The molecule has 4 nitrogen and oxygen atoms in total. The minimum Gasteiger partial charge on any atom is -0.359 e. The molecule has 1 N–H and O–H groups in total. The molecule has 0 spiro atoms. The van der Waals surface area contributed by atoms with Crippen LogP contribution < -0.4 is 5.32 Å². The number of para-hydroxylation sites is 1. The first-order chi connectivity index (χ1) is 10.2. The maximum absolute atomic E-state index is 12.9. The topological polar surface area (TPSA) is 45.2 Å². The number of pyridine rings is 1. The zero-order chi connectivity index (χ0) is 14.8. The van der Waals surface area contributed by atoms with Crippen LogP contribution >= 0.6 is 0 Å². The molecule has 0 saturated heterocycles. The van der Waals surface area contributed by atoms with Crippen molar-refractivity contribution >= 4 is 11.6 Å². The standard InChI is InChI=1S/C17H19N3O/c1-3-12(2)20-16(15-10-6-7-11-18-15)19-14-9-5-4-8-13(14)17(20)21/h4-12,16,19H,3H2,1-2H3. The Labute approximate surface area is 124 Å². The number of fused-ring (bicyclic) bond motifs is 1. The molecule has 0 aliphatic carbocycles. The molecule has 0 bridgehead atoms. The van der Waals surface area contributed by atoms with Crippen LogP contribution in [0.1, 0.15) is 42.5 Å². The number of carbonyl (C=O) groups excluding carboxylic acids is 1. The van der Waals surface area contributed by atoms with Crippen molar-refractivity contribution in [1.29, 1.82) is 0 Å². The summed E-state index contributed by atoms with van der Waals surface area (Å²) in [7, 11) is 0. The smallest absolute Gasteiger partial charge is 0.258 e. The van der Waals surface area contributed by atoms with E-state index in [1.807, 2.05) is 47.4 Å². The summed E-state index contributed by atoms with van der Waals surface area (Å²) in [6, 6.07) is 13.6. The van der Waals surface area contributed by atoms with Gasteiger partial charge >= 0.3 is 0 Å². The second kappa shape index (κ2) is 5.56. The van der Waals surface area contributed by atoms with E-state index >= 15 is 0 Å². The highest BCUT2D eigenvalue weighted by molar-refractivity contribution is 6.01. The van der Waals surface area contributed by atoms with Gasteiger partial charge < -0.3 is 10.2 Å². The molecule has 4 heteroatoms. The van der Waals surface area contributed by atoms with Crippen molar-refractivity contribution in [2.45, 2.75) is 32.5 Å². The Balaban J connectivity index is 2.07. The molecular weight excluding hydrogens is 262 g/mol. The lowest BCUT2D eigenvalue weighted by Gasteiger charge is -2.40. The summed E-state index contributed by atoms with van der Waals surface area (Å²) in [6.45, 7) is 4.16. The van der Waals surface area contributed by atoms with Crippen molar-refractivity contribution in [3.05, 3.63) is 59.9 Å². The largest absolute Gasteiger partial charge is 0.359 e. The minimum atomic E-state index is -0.219. The molecule has 2 unspecified atom stereocenters. The van der Waals surface area contributed by atoms with E-state index < -0.39 is 0 Å². The molecule has 0 saturated carbocycles. The van der Waals surface area contributed by atoms with Gasteiger partial charge in [-0.2, -0.15) is 0 Å².